The zero-order chi connectivity index (χ0) is 8.55. The number of nitrogens with zero attached hydrogens (tertiary/aromatic N) is 1. The van der Waals surface area contributed by atoms with E-state index in [9.17, 15) is 4.79 Å². The predicted molar refractivity (Wildman–Crippen MR) is 46.9 cm³/mol. The van der Waals surface area contributed by atoms with E-state index in [0.29, 0.717) is 6.42 Å². The summed E-state index contributed by atoms with van der Waals surface area (Å²) < 4.78 is 0. The van der Waals surface area contributed by atoms with Gasteiger partial charge in [0.2, 0.25) is 5.91 Å². The van der Waals surface area contributed by atoms with Gasteiger partial charge in [-0.15, -0.1) is 0 Å². The first-order chi connectivity index (χ1) is 5.75. The van der Waals surface area contributed by atoms with Crippen molar-refractivity contribution in [3.63, 3.8) is 0 Å². The first-order valence-electron chi connectivity index (χ1n) is 4.00. The highest BCUT2D eigenvalue weighted by Gasteiger charge is 2.18. The largest absolute Gasteiger partial charge is 0.324 e. The number of carbonyl (C=O) groups excluding carboxylic acids is 1. The molecule has 2 aliphatic rings. The van der Waals surface area contributed by atoms with Gasteiger partial charge < -0.3 is 5.32 Å². The summed E-state index contributed by atoms with van der Waals surface area (Å²) in [6, 6.07) is 0.215. The van der Waals surface area contributed by atoms with Crippen molar-refractivity contribution in [2.75, 3.05) is 0 Å². The quantitative estimate of drug-likeness (QED) is 0.562. The summed E-state index contributed by atoms with van der Waals surface area (Å²) in [7, 11) is 0. The summed E-state index contributed by atoms with van der Waals surface area (Å²) in [6.07, 6.45) is 6.21. The van der Waals surface area contributed by atoms with Gasteiger partial charge in [0, 0.05) is 6.21 Å². The van der Waals surface area contributed by atoms with Crippen molar-refractivity contribution in [3.05, 3.63) is 23.4 Å². The van der Waals surface area contributed by atoms with E-state index < -0.39 is 0 Å². The van der Waals surface area contributed by atoms with Gasteiger partial charge in [0.05, 0.1) is 18.2 Å². The molecule has 0 aromatic heterocycles. The molecule has 2 rings (SSSR count). The molecule has 1 amide bonds. The van der Waals surface area contributed by atoms with Crippen LogP contribution in [-0.4, -0.2) is 18.2 Å². The van der Waals surface area contributed by atoms with E-state index in [2.05, 4.69) is 10.3 Å². The normalized spacial score (nSPS) is 27.1. The second-order valence-electron chi connectivity index (χ2n) is 3.04. The van der Waals surface area contributed by atoms with Crippen LogP contribution in [0.1, 0.15) is 13.3 Å². The topological polar surface area (TPSA) is 41.5 Å². The van der Waals surface area contributed by atoms with E-state index in [1.165, 1.54) is 0 Å². The van der Waals surface area contributed by atoms with Gasteiger partial charge >= 0.3 is 0 Å². The lowest BCUT2D eigenvalue weighted by Crippen LogP contribution is -2.15. The zero-order valence-electron chi connectivity index (χ0n) is 6.87. The molecule has 3 heteroatoms. The Balaban J connectivity index is 2.31. The van der Waals surface area contributed by atoms with Crippen LogP contribution >= 0.6 is 0 Å². The van der Waals surface area contributed by atoms with Crippen molar-refractivity contribution in [3.8, 4) is 0 Å². The van der Waals surface area contributed by atoms with Gasteiger partial charge in [-0.3, -0.25) is 9.79 Å². The molecular weight excluding hydrogens is 152 g/mol. The van der Waals surface area contributed by atoms with Crippen LogP contribution in [0, 0.1) is 0 Å². The summed E-state index contributed by atoms with van der Waals surface area (Å²) in [5.74, 6) is 0.0608. The van der Waals surface area contributed by atoms with Gasteiger partial charge in [-0.1, -0.05) is 12.2 Å². The summed E-state index contributed by atoms with van der Waals surface area (Å²) >= 11 is 0. The lowest BCUT2D eigenvalue weighted by atomic mass is 10.1. The second kappa shape index (κ2) is 2.59. The molecule has 0 saturated heterocycles. The zero-order valence-corrected chi connectivity index (χ0v) is 6.87. The Morgan fingerprint density at radius 3 is 3.33 bits per heavy atom. The van der Waals surface area contributed by atoms with Crippen LogP contribution in [0.3, 0.4) is 0 Å². The van der Waals surface area contributed by atoms with Gasteiger partial charge in [-0.25, -0.2) is 0 Å². The SMILES string of the molecule is CC1C=CC2=C(C=N1)NC(=O)C2. The summed E-state index contributed by atoms with van der Waals surface area (Å²) in [5, 5.41) is 2.76. The number of allylic oxidation sites excluding steroid dienone is 2. The number of hydrogen-bond acceptors (Lipinski definition) is 2. The molecule has 0 aliphatic carbocycles. The van der Waals surface area contributed by atoms with E-state index in [-0.39, 0.29) is 11.9 Å². The Kier molecular flexibility index (Phi) is 1.57. The molecule has 0 aromatic rings. The molecule has 1 atom stereocenters. The Morgan fingerprint density at radius 1 is 1.67 bits per heavy atom. The van der Waals surface area contributed by atoms with Crippen molar-refractivity contribution in [2.24, 2.45) is 4.99 Å². The number of nitrogens with one attached hydrogen (secondary N) is 1. The molecule has 1 N–H and O–H groups in total. The van der Waals surface area contributed by atoms with Crippen LogP contribution in [-0.2, 0) is 4.79 Å². The van der Waals surface area contributed by atoms with E-state index in [4.69, 9.17) is 0 Å². The van der Waals surface area contributed by atoms with Crippen LogP contribution < -0.4 is 5.32 Å². The smallest absolute Gasteiger partial charge is 0.228 e. The Morgan fingerprint density at radius 2 is 2.50 bits per heavy atom. The van der Waals surface area contributed by atoms with Crippen LogP contribution in [0.4, 0.5) is 0 Å². The fourth-order valence-electron chi connectivity index (χ4n) is 1.30. The number of hydrogen-bond donors (Lipinski definition) is 1. The van der Waals surface area contributed by atoms with Crippen molar-refractivity contribution in [2.45, 2.75) is 19.4 Å². The third-order valence-electron chi connectivity index (χ3n) is 1.99. The molecule has 2 aliphatic heterocycles. The molecule has 0 fully saturated rings. The fraction of sp³-hybridized carbons (Fsp3) is 0.333. The van der Waals surface area contributed by atoms with E-state index in [1.807, 2.05) is 19.1 Å². The lowest BCUT2D eigenvalue weighted by molar-refractivity contribution is -0.118. The lowest BCUT2D eigenvalue weighted by Gasteiger charge is -1.95. The molecule has 0 bridgehead atoms. The Labute approximate surface area is 70.9 Å². The summed E-state index contributed by atoms with van der Waals surface area (Å²) in [6.45, 7) is 2.01. The molecular formula is C9H10N2O. The molecule has 1 unspecified atom stereocenters. The van der Waals surface area contributed by atoms with Crippen molar-refractivity contribution < 1.29 is 4.79 Å². The van der Waals surface area contributed by atoms with E-state index in [1.54, 1.807) is 6.21 Å². The predicted octanol–water partition coefficient (Wildman–Crippen LogP) is 0.790. The van der Waals surface area contributed by atoms with Crippen molar-refractivity contribution in [1.29, 1.82) is 0 Å². The molecule has 0 radical (unpaired) electrons. The number of rotatable bonds is 0. The summed E-state index contributed by atoms with van der Waals surface area (Å²) in [5.41, 5.74) is 1.91. The number of amides is 1. The number of carbonyl (C=O) groups is 1. The molecule has 2 heterocycles. The molecule has 62 valence electrons. The van der Waals surface area contributed by atoms with Gasteiger partial charge in [0.1, 0.15) is 0 Å². The van der Waals surface area contributed by atoms with Crippen LogP contribution in [0.15, 0.2) is 28.4 Å². The van der Waals surface area contributed by atoms with Gasteiger partial charge in [-0.05, 0) is 12.5 Å². The molecule has 0 aromatic carbocycles. The minimum Gasteiger partial charge on any atom is -0.324 e. The first kappa shape index (κ1) is 7.28. The minimum absolute atomic E-state index is 0.0608. The minimum atomic E-state index is 0.0608. The molecule has 3 nitrogen and oxygen atoms in total. The van der Waals surface area contributed by atoms with Crippen LogP contribution in [0.2, 0.25) is 0 Å². The Hall–Kier alpha value is -1.38. The highest BCUT2D eigenvalue weighted by atomic mass is 16.1. The maximum absolute atomic E-state index is 11.0. The molecule has 0 spiro atoms. The van der Waals surface area contributed by atoms with Crippen molar-refractivity contribution >= 4 is 12.1 Å². The monoisotopic (exact) mass is 162 g/mol. The Bertz CT molecular complexity index is 284. The number of aliphatic imine (C=N–C) groups is 1. The molecule has 0 saturated carbocycles. The highest BCUT2D eigenvalue weighted by Crippen LogP contribution is 2.17. The van der Waals surface area contributed by atoms with Crippen LogP contribution in [0.25, 0.3) is 0 Å². The first-order valence-corrected chi connectivity index (χ1v) is 4.00. The average molecular weight is 162 g/mol. The average Bonchev–Trinajstić information content (AvgIpc) is 2.31. The second-order valence-corrected chi connectivity index (χ2v) is 3.04. The molecule has 12 heavy (non-hydrogen) atoms. The standard InChI is InChI=1S/C9H10N2O/c1-6-2-3-7-4-9(12)11-8(7)5-10-6/h2-3,5-6H,4H2,1H3,(H,11,12). The van der Waals surface area contributed by atoms with Gasteiger partial charge in [0.15, 0.2) is 0 Å². The maximum Gasteiger partial charge on any atom is 0.228 e. The fourth-order valence-corrected chi connectivity index (χ4v) is 1.30. The maximum atomic E-state index is 11.0. The third kappa shape index (κ3) is 1.18. The van der Waals surface area contributed by atoms with Gasteiger partial charge in [0.25, 0.3) is 0 Å². The van der Waals surface area contributed by atoms with Crippen LogP contribution in [0.5, 0.6) is 0 Å². The van der Waals surface area contributed by atoms with Crippen molar-refractivity contribution in [1.82, 2.24) is 5.32 Å². The highest BCUT2D eigenvalue weighted by molar-refractivity contribution is 5.96. The van der Waals surface area contributed by atoms with E-state index in [0.717, 1.165) is 11.3 Å². The summed E-state index contributed by atoms with van der Waals surface area (Å²) in [4.78, 5) is 15.2. The van der Waals surface area contributed by atoms with Gasteiger partial charge in [-0.2, -0.15) is 0 Å². The van der Waals surface area contributed by atoms with E-state index >= 15 is 0 Å². The third-order valence-corrected chi connectivity index (χ3v) is 1.99.